The maximum absolute atomic E-state index is 8.87. The van der Waals surface area contributed by atoms with Gasteiger partial charge in [0.2, 0.25) is 0 Å². The summed E-state index contributed by atoms with van der Waals surface area (Å²) in [7, 11) is 0. The molecule has 0 N–H and O–H groups in total. The normalized spacial score (nSPS) is 12.1. The van der Waals surface area contributed by atoms with Gasteiger partial charge in [-0.15, -0.1) is 10.2 Å². The molecule has 1 aromatic carbocycles. The number of thioether (sulfide) groups is 1. The molecular weight excluding hydrogens is 256 g/mol. The van der Waals surface area contributed by atoms with Crippen molar-refractivity contribution in [3.05, 3.63) is 41.7 Å². The second-order valence-corrected chi connectivity index (χ2v) is 5.50. The fraction of sp³-hybridized carbons (Fsp3) is 0.357. The van der Waals surface area contributed by atoms with Crippen molar-refractivity contribution in [3.63, 3.8) is 0 Å². The molecule has 0 radical (unpaired) electrons. The van der Waals surface area contributed by atoms with Crippen LogP contribution >= 0.6 is 11.8 Å². The molecule has 0 aliphatic carbocycles. The van der Waals surface area contributed by atoms with E-state index < -0.39 is 0 Å². The van der Waals surface area contributed by atoms with E-state index in [-0.39, 0.29) is 5.25 Å². The summed E-state index contributed by atoms with van der Waals surface area (Å²) in [5.41, 5.74) is 1.22. The first-order chi connectivity index (χ1) is 9.24. The van der Waals surface area contributed by atoms with E-state index in [0.29, 0.717) is 0 Å². The summed E-state index contributed by atoms with van der Waals surface area (Å²) < 4.78 is 2.07. The summed E-state index contributed by atoms with van der Waals surface area (Å²) in [6.45, 7) is 4.75. The smallest absolute Gasteiger partial charge is 0.192 e. The highest BCUT2D eigenvalue weighted by molar-refractivity contribution is 8.00. The summed E-state index contributed by atoms with van der Waals surface area (Å²) >= 11 is 1.45. The predicted molar refractivity (Wildman–Crippen MR) is 75.9 cm³/mol. The number of aromatic nitrogens is 3. The molecule has 0 saturated heterocycles. The zero-order chi connectivity index (χ0) is 13.7. The standard InChI is InChI=1S/C14H16N4S/c1-3-18-13(9-12-7-5-4-6-8-12)16-17-14(18)19-11(2)10-15/h4-8,11H,3,9H2,1-2H3. The molecule has 0 spiro atoms. The summed E-state index contributed by atoms with van der Waals surface area (Å²) in [5.74, 6) is 0.946. The molecule has 2 aromatic rings. The van der Waals surface area contributed by atoms with Gasteiger partial charge < -0.3 is 4.57 Å². The summed E-state index contributed by atoms with van der Waals surface area (Å²) in [4.78, 5) is 0. The second-order valence-electron chi connectivity index (χ2n) is 4.19. The van der Waals surface area contributed by atoms with Crippen LogP contribution in [0.25, 0.3) is 0 Å². The first-order valence-corrected chi connectivity index (χ1v) is 7.14. The molecule has 4 nitrogen and oxygen atoms in total. The van der Waals surface area contributed by atoms with Crippen LogP contribution in [-0.4, -0.2) is 20.0 Å². The van der Waals surface area contributed by atoms with E-state index in [2.05, 4.69) is 39.9 Å². The van der Waals surface area contributed by atoms with E-state index >= 15 is 0 Å². The number of hydrogen-bond donors (Lipinski definition) is 0. The van der Waals surface area contributed by atoms with Crippen LogP contribution in [-0.2, 0) is 13.0 Å². The number of hydrogen-bond acceptors (Lipinski definition) is 4. The highest BCUT2D eigenvalue weighted by atomic mass is 32.2. The number of benzene rings is 1. The van der Waals surface area contributed by atoms with Crippen LogP contribution in [0.4, 0.5) is 0 Å². The SMILES string of the molecule is CCn1c(Cc2ccccc2)nnc1SC(C)C#N. The fourth-order valence-corrected chi connectivity index (χ4v) is 2.64. The molecule has 5 heteroatoms. The quantitative estimate of drug-likeness (QED) is 0.785. The van der Waals surface area contributed by atoms with Crippen molar-refractivity contribution in [1.29, 1.82) is 5.26 Å². The molecule has 0 aliphatic rings. The molecule has 0 saturated carbocycles. The van der Waals surface area contributed by atoms with E-state index in [1.54, 1.807) is 0 Å². The monoisotopic (exact) mass is 272 g/mol. The minimum Gasteiger partial charge on any atom is -0.306 e. The maximum Gasteiger partial charge on any atom is 0.192 e. The van der Waals surface area contributed by atoms with Crippen LogP contribution < -0.4 is 0 Å². The van der Waals surface area contributed by atoms with E-state index in [0.717, 1.165) is 23.9 Å². The van der Waals surface area contributed by atoms with Crippen LogP contribution in [0.15, 0.2) is 35.5 Å². The molecule has 0 aliphatic heterocycles. The van der Waals surface area contributed by atoms with Gasteiger partial charge in [-0.1, -0.05) is 42.1 Å². The first-order valence-electron chi connectivity index (χ1n) is 6.27. The average Bonchev–Trinajstić information content (AvgIpc) is 2.81. The van der Waals surface area contributed by atoms with Crippen molar-refractivity contribution < 1.29 is 0 Å². The van der Waals surface area contributed by atoms with Gasteiger partial charge in [0.15, 0.2) is 5.16 Å². The van der Waals surface area contributed by atoms with Crippen molar-refractivity contribution in [2.24, 2.45) is 0 Å². The van der Waals surface area contributed by atoms with E-state index in [4.69, 9.17) is 5.26 Å². The molecule has 19 heavy (non-hydrogen) atoms. The lowest BCUT2D eigenvalue weighted by molar-refractivity contribution is 0.651. The first kappa shape index (κ1) is 13.6. The summed E-state index contributed by atoms with van der Waals surface area (Å²) in [5, 5.41) is 18.0. The van der Waals surface area contributed by atoms with Gasteiger partial charge in [0.05, 0.1) is 11.3 Å². The lowest BCUT2D eigenvalue weighted by atomic mass is 10.1. The van der Waals surface area contributed by atoms with Crippen LogP contribution in [0.1, 0.15) is 25.2 Å². The summed E-state index contributed by atoms with van der Waals surface area (Å²) in [6.07, 6.45) is 0.767. The van der Waals surface area contributed by atoms with E-state index in [9.17, 15) is 0 Å². The van der Waals surface area contributed by atoms with Gasteiger partial charge >= 0.3 is 0 Å². The largest absolute Gasteiger partial charge is 0.306 e. The van der Waals surface area contributed by atoms with Crippen LogP contribution in [0, 0.1) is 11.3 Å². The Bertz CT molecular complexity index is 571. The van der Waals surface area contributed by atoms with E-state index in [1.807, 2.05) is 25.1 Å². The van der Waals surface area contributed by atoms with Gasteiger partial charge in [0.25, 0.3) is 0 Å². The molecule has 1 heterocycles. The Morgan fingerprint density at radius 3 is 2.68 bits per heavy atom. The highest BCUT2D eigenvalue weighted by Gasteiger charge is 2.14. The van der Waals surface area contributed by atoms with Gasteiger partial charge in [-0.25, -0.2) is 0 Å². The van der Waals surface area contributed by atoms with Crippen molar-refractivity contribution in [1.82, 2.24) is 14.8 Å². The molecule has 98 valence electrons. The predicted octanol–water partition coefficient (Wildman–Crippen LogP) is 2.89. The van der Waals surface area contributed by atoms with Crippen molar-refractivity contribution in [2.75, 3.05) is 0 Å². The van der Waals surface area contributed by atoms with Gasteiger partial charge in [0, 0.05) is 13.0 Å². The summed E-state index contributed by atoms with van der Waals surface area (Å²) in [6, 6.07) is 12.4. The van der Waals surface area contributed by atoms with Gasteiger partial charge in [-0.2, -0.15) is 5.26 Å². The van der Waals surface area contributed by atoms with Crippen LogP contribution in [0.2, 0.25) is 0 Å². The van der Waals surface area contributed by atoms with Crippen molar-refractivity contribution in [3.8, 4) is 6.07 Å². The van der Waals surface area contributed by atoms with E-state index in [1.165, 1.54) is 17.3 Å². The third-order valence-electron chi connectivity index (χ3n) is 2.78. The second kappa shape index (κ2) is 6.39. The molecule has 1 unspecified atom stereocenters. The molecule has 1 atom stereocenters. The zero-order valence-corrected chi connectivity index (χ0v) is 11.9. The number of nitrogens with zero attached hydrogens (tertiary/aromatic N) is 4. The Balaban J connectivity index is 2.20. The Labute approximate surface area is 117 Å². The van der Waals surface area contributed by atoms with Crippen molar-refractivity contribution >= 4 is 11.8 Å². The Kier molecular flexibility index (Phi) is 4.58. The molecule has 0 amide bonds. The molecular formula is C14H16N4S. The minimum absolute atomic E-state index is 0.112. The molecule has 0 fully saturated rings. The molecule has 1 aromatic heterocycles. The van der Waals surface area contributed by atoms with Crippen LogP contribution in [0.5, 0.6) is 0 Å². The lowest BCUT2D eigenvalue weighted by Gasteiger charge is -2.07. The van der Waals surface area contributed by atoms with Crippen molar-refractivity contribution in [2.45, 2.75) is 37.2 Å². The third kappa shape index (κ3) is 3.36. The Hall–Kier alpha value is -1.80. The van der Waals surface area contributed by atoms with Gasteiger partial charge in [-0.3, -0.25) is 0 Å². The average molecular weight is 272 g/mol. The highest BCUT2D eigenvalue weighted by Crippen LogP contribution is 2.22. The maximum atomic E-state index is 8.87. The zero-order valence-electron chi connectivity index (χ0n) is 11.1. The van der Waals surface area contributed by atoms with Gasteiger partial charge in [-0.05, 0) is 19.4 Å². The fourth-order valence-electron chi connectivity index (χ4n) is 1.82. The molecule has 0 bridgehead atoms. The number of rotatable bonds is 5. The number of nitriles is 1. The third-order valence-corrected chi connectivity index (χ3v) is 3.75. The minimum atomic E-state index is -0.112. The topological polar surface area (TPSA) is 54.5 Å². The molecule has 2 rings (SSSR count). The van der Waals surface area contributed by atoms with Crippen LogP contribution in [0.3, 0.4) is 0 Å². The Morgan fingerprint density at radius 1 is 1.32 bits per heavy atom. The van der Waals surface area contributed by atoms with Gasteiger partial charge in [0.1, 0.15) is 5.82 Å². The Morgan fingerprint density at radius 2 is 2.05 bits per heavy atom. The lowest BCUT2D eigenvalue weighted by Crippen LogP contribution is -2.05.